The van der Waals surface area contributed by atoms with Crippen molar-refractivity contribution in [3.05, 3.63) is 46.4 Å². The SMILES string of the molecule is CC(O)CC(C)CNC(=O)c1ccc(-c2ccco2)[nH]c1=O. The van der Waals surface area contributed by atoms with Gasteiger partial charge in [0.25, 0.3) is 11.5 Å². The van der Waals surface area contributed by atoms with E-state index in [0.717, 1.165) is 0 Å². The predicted molar refractivity (Wildman–Crippen MR) is 82.6 cm³/mol. The smallest absolute Gasteiger partial charge is 0.261 e. The third-order valence-corrected chi connectivity index (χ3v) is 3.30. The highest BCUT2D eigenvalue weighted by Gasteiger charge is 2.14. The molecule has 6 heteroatoms. The Bertz CT molecular complexity index is 674. The van der Waals surface area contributed by atoms with Gasteiger partial charge in [-0.2, -0.15) is 0 Å². The third-order valence-electron chi connectivity index (χ3n) is 3.30. The largest absolute Gasteiger partial charge is 0.463 e. The summed E-state index contributed by atoms with van der Waals surface area (Å²) < 4.78 is 5.20. The summed E-state index contributed by atoms with van der Waals surface area (Å²) in [5, 5.41) is 12.0. The van der Waals surface area contributed by atoms with E-state index in [1.165, 1.54) is 12.3 Å². The lowest BCUT2D eigenvalue weighted by Gasteiger charge is -2.14. The van der Waals surface area contributed by atoms with Gasteiger partial charge in [-0.25, -0.2) is 0 Å². The summed E-state index contributed by atoms with van der Waals surface area (Å²) in [6.07, 6.45) is 1.69. The molecule has 2 aromatic heterocycles. The van der Waals surface area contributed by atoms with Gasteiger partial charge in [0, 0.05) is 6.54 Å². The number of aromatic amines is 1. The number of hydrogen-bond donors (Lipinski definition) is 3. The number of H-pyrrole nitrogens is 1. The zero-order chi connectivity index (χ0) is 16.1. The molecule has 3 N–H and O–H groups in total. The van der Waals surface area contributed by atoms with Crippen LogP contribution < -0.4 is 10.9 Å². The molecule has 0 bridgehead atoms. The number of carbonyl (C=O) groups is 1. The van der Waals surface area contributed by atoms with Gasteiger partial charge >= 0.3 is 0 Å². The van der Waals surface area contributed by atoms with Crippen molar-refractivity contribution in [1.82, 2.24) is 10.3 Å². The number of rotatable bonds is 6. The summed E-state index contributed by atoms with van der Waals surface area (Å²) in [4.78, 5) is 26.7. The van der Waals surface area contributed by atoms with Crippen LogP contribution in [0, 0.1) is 5.92 Å². The maximum absolute atomic E-state index is 12.0. The van der Waals surface area contributed by atoms with Crippen LogP contribution in [0.15, 0.2) is 39.7 Å². The topological polar surface area (TPSA) is 95.3 Å². The molecule has 0 fully saturated rings. The molecule has 2 atom stereocenters. The number of pyridine rings is 1. The van der Waals surface area contributed by atoms with Crippen molar-refractivity contribution in [2.24, 2.45) is 5.92 Å². The molecule has 0 saturated heterocycles. The quantitative estimate of drug-likeness (QED) is 0.758. The van der Waals surface area contributed by atoms with E-state index in [4.69, 9.17) is 4.42 Å². The molecule has 0 spiro atoms. The fourth-order valence-electron chi connectivity index (χ4n) is 2.26. The number of hydrogen-bond acceptors (Lipinski definition) is 4. The van der Waals surface area contributed by atoms with Crippen LogP contribution in [0.1, 0.15) is 30.6 Å². The van der Waals surface area contributed by atoms with Crippen LogP contribution in [-0.4, -0.2) is 28.6 Å². The second-order valence-electron chi connectivity index (χ2n) is 5.49. The van der Waals surface area contributed by atoms with E-state index in [9.17, 15) is 14.7 Å². The first-order valence-electron chi connectivity index (χ1n) is 7.21. The van der Waals surface area contributed by atoms with E-state index in [1.54, 1.807) is 25.1 Å². The van der Waals surface area contributed by atoms with Crippen molar-refractivity contribution < 1.29 is 14.3 Å². The van der Waals surface area contributed by atoms with Gasteiger partial charge < -0.3 is 19.8 Å². The van der Waals surface area contributed by atoms with E-state index in [1.807, 2.05) is 6.92 Å². The van der Waals surface area contributed by atoms with Crippen molar-refractivity contribution >= 4 is 5.91 Å². The van der Waals surface area contributed by atoms with Crippen LogP contribution in [0.4, 0.5) is 0 Å². The van der Waals surface area contributed by atoms with Crippen molar-refractivity contribution in [3.8, 4) is 11.5 Å². The van der Waals surface area contributed by atoms with Crippen LogP contribution in [-0.2, 0) is 0 Å². The molecule has 1 amide bonds. The zero-order valence-corrected chi connectivity index (χ0v) is 12.6. The molecule has 2 rings (SSSR count). The average Bonchev–Trinajstić information content (AvgIpc) is 2.98. The summed E-state index contributed by atoms with van der Waals surface area (Å²) >= 11 is 0. The maximum Gasteiger partial charge on any atom is 0.261 e. The minimum Gasteiger partial charge on any atom is -0.463 e. The highest BCUT2D eigenvalue weighted by molar-refractivity contribution is 5.94. The van der Waals surface area contributed by atoms with E-state index >= 15 is 0 Å². The van der Waals surface area contributed by atoms with Crippen molar-refractivity contribution in [2.75, 3.05) is 6.54 Å². The predicted octanol–water partition coefficient (Wildman–Crippen LogP) is 1.77. The zero-order valence-electron chi connectivity index (χ0n) is 12.6. The summed E-state index contributed by atoms with van der Waals surface area (Å²) in [5.41, 5.74) is 0.114. The number of aliphatic hydroxyl groups excluding tert-OH is 1. The first kappa shape index (κ1) is 16.0. The summed E-state index contributed by atoms with van der Waals surface area (Å²) in [6.45, 7) is 4.04. The summed E-state index contributed by atoms with van der Waals surface area (Å²) in [7, 11) is 0. The number of carbonyl (C=O) groups excluding carboxylic acids is 1. The van der Waals surface area contributed by atoms with E-state index in [-0.39, 0.29) is 11.5 Å². The Kier molecular flexibility index (Phi) is 5.16. The maximum atomic E-state index is 12.0. The Labute approximate surface area is 128 Å². The first-order valence-corrected chi connectivity index (χ1v) is 7.21. The monoisotopic (exact) mass is 304 g/mol. The Morgan fingerprint density at radius 3 is 2.73 bits per heavy atom. The Morgan fingerprint density at radius 2 is 2.14 bits per heavy atom. The number of aromatic nitrogens is 1. The van der Waals surface area contributed by atoms with Gasteiger partial charge in [-0.15, -0.1) is 0 Å². The second-order valence-corrected chi connectivity index (χ2v) is 5.49. The third kappa shape index (κ3) is 4.08. The molecule has 22 heavy (non-hydrogen) atoms. The molecular weight excluding hydrogens is 284 g/mol. The standard InChI is InChI=1S/C16H20N2O4/c1-10(8-11(2)19)9-17-15(20)12-5-6-13(18-16(12)21)14-4-3-7-22-14/h3-7,10-11,19H,8-9H2,1-2H3,(H,17,20)(H,18,21). The van der Waals surface area contributed by atoms with Gasteiger partial charge in [0.2, 0.25) is 0 Å². The highest BCUT2D eigenvalue weighted by Crippen LogP contribution is 2.15. The van der Waals surface area contributed by atoms with Gasteiger partial charge in [0.15, 0.2) is 0 Å². The van der Waals surface area contributed by atoms with E-state index in [0.29, 0.717) is 24.4 Å². The number of amides is 1. The van der Waals surface area contributed by atoms with Crippen molar-refractivity contribution in [3.63, 3.8) is 0 Å². The second kappa shape index (κ2) is 7.09. The summed E-state index contributed by atoms with van der Waals surface area (Å²) in [6, 6.07) is 6.56. The van der Waals surface area contributed by atoms with Gasteiger partial charge in [0.05, 0.1) is 18.1 Å². The minimum atomic E-state index is -0.463. The molecule has 0 radical (unpaired) electrons. The molecule has 0 aliphatic heterocycles. The van der Waals surface area contributed by atoms with Crippen molar-refractivity contribution in [1.29, 1.82) is 0 Å². The van der Waals surface area contributed by atoms with Crippen LogP contribution in [0.25, 0.3) is 11.5 Å². The Balaban J connectivity index is 2.03. The molecule has 0 aliphatic carbocycles. The molecule has 0 aliphatic rings. The normalized spacial score (nSPS) is 13.6. The number of furan rings is 1. The first-order chi connectivity index (χ1) is 10.5. The molecular formula is C16H20N2O4. The van der Waals surface area contributed by atoms with Gasteiger partial charge in [-0.3, -0.25) is 9.59 Å². The lowest BCUT2D eigenvalue weighted by Crippen LogP contribution is -2.33. The number of nitrogens with one attached hydrogen (secondary N) is 2. The molecule has 6 nitrogen and oxygen atoms in total. The molecule has 2 heterocycles. The molecule has 0 aromatic carbocycles. The molecule has 0 saturated carbocycles. The molecule has 2 aromatic rings. The van der Waals surface area contributed by atoms with E-state index in [2.05, 4.69) is 10.3 Å². The fourth-order valence-corrected chi connectivity index (χ4v) is 2.26. The molecule has 2 unspecified atom stereocenters. The minimum absolute atomic E-state index is 0.0551. The number of aliphatic hydroxyl groups is 1. The van der Waals surface area contributed by atoms with Crippen LogP contribution >= 0.6 is 0 Å². The molecule has 118 valence electrons. The van der Waals surface area contributed by atoms with E-state index < -0.39 is 17.6 Å². The van der Waals surface area contributed by atoms with Gasteiger partial charge in [0.1, 0.15) is 11.3 Å². The fraction of sp³-hybridized carbons (Fsp3) is 0.375. The van der Waals surface area contributed by atoms with Gasteiger partial charge in [-0.1, -0.05) is 6.92 Å². The summed E-state index contributed by atoms with van der Waals surface area (Å²) in [5.74, 6) is 0.240. The average molecular weight is 304 g/mol. The lowest BCUT2D eigenvalue weighted by atomic mass is 10.0. The Morgan fingerprint density at radius 1 is 1.36 bits per heavy atom. The van der Waals surface area contributed by atoms with Crippen molar-refractivity contribution in [2.45, 2.75) is 26.4 Å². The van der Waals surface area contributed by atoms with Crippen LogP contribution in [0.3, 0.4) is 0 Å². The van der Waals surface area contributed by atoms with Crippen LogP contribution in [0.2, 0.25) is 0 Å². The van der Waals surface area contributed by atoms with Gasteiger partial charge in [-0.05, 0) is 43.5 Å². The highest BCUT2D eigenvalue weighted by atomic mass is 16.3. The lowest BCUT2D eigenvalue weighted by molar-refractivity contribution is 0.0938. The Hall–Kier alpha value is -2.34. The van der Waals surface area contributed by atoms with Crippen LogP contribution in [0.5, 0.6) is 0 Å².